The third-order valence-electron chi connectivity index (χ3n) is 1.82. The average molecular weight is 233 g/mol. The van der Waals surface area contributed by atoms with E-state index in [2.05, 4.69) is 15.3 Å². The lowest BCUT2D eigenvalue weighted by Crippen LogP contribution is -2.28. The number of aliphatic imine (C=N–C) groups is 1. The molecule has 6 heteroatoms. The smallest absolute Gasteiger partial charge is 0.344 e. The predicted molar refractivity (Wildman–Crippen MR) is 66.3 cm³/mol. The molecule has 0 radical (unpaired) electrons. The normalized spacial score (nSPS) is 10.1. The molecule has 1 aromatic rings. The second-order valence-corrected chi connectivity index (χ2v) is 3.22. The van der Waals surface area contributed by atoms with Crippen LogP contribution in [0.3, 0.4) is 0 Å². The summed E-state index contributed by atoms with van der Waals surface area (Å²) in [6, 6.07) is 5.18. The molecule has 2 amide bonds. The van der Waals surface area contributed by atoms with Gasteiger partial charge in [-0.05, 0) is 12.1 Å². The number of aromatic nitrogens is 1. The topological polar surface area (TPSA) is 106 Å². The van der Waals surface area contributed by atoms with Crippen molar-refractivity contribution in [3.63, 3.8) is 0 Å². The zero-order valence-electron chi connectivity index (χ0n) is 9.34. The molecule has 0 spiro atoms. The van der Waals surface area contributed by atoms with Crippen molar-refractivity contribution in [2.75, 3.05) is 6.54 Å². The maximum atomic E-state index is 11.0. The van der Waals surface area contributed by atoms with Crippen LogP contribution >= 0.6 is 0 Å². The number of nitrogens with zero attached hydrogens (tertiary/aromatic N) is 2. The van der Waals surface area contributed by atoms with E-state index in [1.54, 1.807) is 6.20 Å². The molecule has 17 heavy (non-hydrogen) atoms. The SMILES string of the molecule is NC(N)=NC(=O)NCC=CCc1ccccn1. The predicted octanol–water partition coefficient (Wildman–Crippen LogP) is 0.163. The van der Waals surface area contributed by atoms with Crippen molar-refractivity contribution in [2.24, 2.45) is 16.5 Å². The number of rotatable bonds is 4. The van der Waals surface area contributed by atoms with Gasteiger partial charge in [-0.15, -0.1) is 0 Å². The number of urea groups is 1. The highest BCUT2D eigenvalue weighted by atomic mass is 16.2. The lowest BCUT2D eigenvalue weighted by Gasteiger charge is -1.96. The monoisotopic (exact) mass is 233 g/mol. The Morgan fingerprint density at radius 1 is 1.41 bits per heavy atom. The van der Waals surface area contributed by atoms with Gasteiger partial charge in [-0.1, -0.05) is 18.2 Å². The third-order valence-corrected chi connectivity index (χ3v) is 1.82. The Labute approximate surface area is 99.4 Å². The highest BCUT2D eigenvalue weighted by Crippen LogP contribution is 1.94. The highest BCUT2D eigenvalue weighted by Gasteiger charge is 1.94. The van der Waals surface area contributed by atoms with Gasteiger partial charge in [0.05, 0.1) is 0 Å². The number of amides is 2. The molecule has 0 aliphatic heterocycles. The molecule has 0 atom stereocenters. The zero-order valence-corrected chi connectivity index (χ0v) is 9.34. The minimum Gasteiger partial charge on any atom is -0.370 e. The van der Waals surface area contributed by atoms with Gasteiger partial charge < -0.3 is 16.8 Å². The molecule has 0 unspecified atom stereocenters. The molecule has 0 fully saturated rings. The first-order chi connectivity index (χ1) is 8.18. The summed E-state index contributed by atoms with van der Waals surface area (Å²) in [7, 11) is 0. The van der Waals surface area contributed by atoms with E-state index in [1.807, 2.05) is 30.4 Å². The van der Waals surface area contributed by atoms with Crippen LogP contribution in [0.1, 0.15) is 5.69 Å². The molecule has 0 aliphatic carbocycles. The van der Waals surface area contributed by atoms with Crippen molar-refractivity contribution in [3.05, 3.63) is 42.2 Å². The first kappa shape index (κ1) is 12.7. The molecule has 0 saturated heterocycles. The molecule has 90 valence electrons. The third kappa shape index (κ3) is 5.93. The van der Waals surface area contributed by atoms with E-state index < -0.39 is 6.03 Å². The van der Waals surface area contributed by atoms with E-state index in [4.69, 9.17) is 11.5 Å². The number of carbonyl (C=O) groups is 1. The Morgan fingerprint density at radius 2 is 2.24 bits per heavy atom. The molecule has 6 nitrogen and oxygen atoms in total. The van der Waals surface area contributed by atoms with E-state index in [1.165, 1.54) is 0 Å². The van der Waals surface area contributed by atoms with Crippen LogP contribution in [0, 0.1) is 0 Å². The van der Waals surface area contributed by atoms with Crippen LogP contribution in [0.15, 0.2) is 41.5 Å². The van der Waals surface area contributed by atoms with E-state index in [0.717, 1.165) is 12.1 Å². The van der Waals surface area contributed by atoms with E-state index in [-0.39, 0.29) is 5.96 Å². The Bertz CT molecular complexity index is 409. The summed E-state index contributed by atoms with van der Waals surface area (Å²) in [6.07, 6.45) is 6.19. The molecule has 0 bridgehead atoms. The minimum absolute atomic E-state index is 0.250. The van der Waals surface area contributed by atoms with Gasteiger partial charge in [0.1, 0.15) is 0 Å². The first-order valence-electron chi connectivity index (χ1n) is 5.11. The first-order valence-corrected chi connectivity index (χ1v) is 5.11. The molecule has 1 rings (SSSR count). The van der Waals surface area contributed by atoms with Crippen molar-refractivity contribution in [3.8, 4) is 0 Å². The van der Waals surface area contributed by atoms with Gasteiger partial charge in [-0.25, -0.2) is 4.79 Å². The fourth-order valence-corrected chi connectivity index (χ4v) is 1.11. The van der Waals surface area contributed by atoms with Crippen LogP contribution < -0.4 is 16.8 Å². The summed E-state index contributed by atoms with van der Waals surface area (Å²) in [5.74, 6) is -0.250. The van der Waals surface area contributed by atoms with Gasteiger partial charge in [0.2, 0.25) is 0 Å². The van der Waals surface area contributed by atoms with Crippen LogP contribution in [0.2, 0.25) is 0 Å². The van der Waals surface area contributed by atoms with Gasteiger partial charge >= 0.3 is 6.03 Å². The number of guanidine groups is 1. The van der Waals surface area contributed by atoms with Gasteiger partial charge in [-0.2, -0.15) is 4.99 Å². The van der Waals surface area contributed by atoms with Crippen LogP contribution in [-0.4, -0.2) is 23.5 Å². The summed E-state index contributed by atoms with van der Waals surface area (Å²) < 4.78 is 0. The summed E-state index contributed by atoms with van der Waals surface area (Å²) in [5.41, 5.74) is 11.1. The van der Waals surface area contributed by atoms with Crippen LogP contribution in [0.5, 0.6) is 0 Å². The second-order valence-electron chi connectivity index (χ2n) is 3.22. The number of nitrogens with two attached hydrogens (primary N) is 2. The Balaban J connectivity index is 2.23. The fraction of sp³-hybridized carbons (Fsp3) is 0.182. The van der Waals surface area contributed by atoms with Crippen LogP contribution in [-0.2, 0) is 6.42 Å². The van der Waals surface area contributed by atoms with Gasteiger partial charge in [0.25, 0.3) is 0 Å². The average Bonchev–Trinajstić information content (AvgIpc) is 2.29. The molecule has 1 aromatic heterocycles. The fourth-order valence-electron chi connectivity index (χ4n) is 1.11. The van der Waals surface area contributed by atoms with E-state index >= 15 is 0 Å². The van der Waals surface area contributed by atoms with Crippen molar-refractivity contribution < 1.29 is 4.79 Å². The highest BCUT2D eigenvalue weighted by molar-refractivity contribution is 5.90. The molecule has 5 N–H and O–H groups in total. The standard InChI is InChI=1S/C11H15N5O/c12-10(13)16-11(17)15-8-4-2-6-9-5-1-3-7-14-9/h1-5,7H,6,8H2,(H5,12,13,15,16,17). The molecule has 0 aromatic carbocycles. The number of nitrogens with one attached hydrogen (secondary N) is 1. The quantitative estimate of drug-likeness (QED) is 0.391. The Kier molecular flexibility index (Phi) is 5.23. The maximum absolute atomic E-state index is 11.0. The Morgan fingerprint density at radius 3 is 2.88 bits per heavy atom. The number of hydrogen-bond acceptors (Lipinski definition) is 2. The zero-order chi connectivity index (χ0) is 12.5. The number of carbonyl (C=O) groups excluding carboxylic acids is 1. The van der Waals surface area contributed by atoms with Crippen molar-refractivity contribution in [2.45, 2.75) is 6.42 Å². The maximum Gasteiger partial charge on any atom is 0.344 e. The summed E-state index contributed by atoms with van der Waals surface area (Å²) in [6.45, 7) is 0.377. The van der Waals surface area contributed by atoms with Crippen LogP contribution in [0.25, 0.3) is 0 Å². The second kappa shape index (κ2) is 7.00. The summed E-state index contributed by atoms with van der Waals surface area (Å²) >= 11 is 0. The minimum atomic E-state index is -0.549. The van der Waals surface area contributed by atoms with Gasteiger partial charge in [0.15, 0.2) is 5.96 Å². The summed E-state index contributed by atoms with van der Waals surface area (Å²) in [5, 5.41) is 2.51. The van der Waals surface area contributed by atoms with Crippen molar-refractivity contribution in [1.82, 2.24) is 10.3 Å². The number of pyridine rings is 1. The van der Waals surface area contributed by atoms with E-state index in [0.29, 0.717) is 6.54 Å². The number of hydrogen-bond donors (Lipinski definition) is 3. The molecular formula is C11H15N5O. The van der Waals surface area contributed by atoms with Gasteiger partial charge in [-0.3, -0.25) is 4.98 Å². The summed E-state index contributed by atoms with van der Waals surface area (Å²) in [4.78, 5) is 18.4. The largest absolute Gasteiger partial charge is 0.370 e. The lowest BCUT2D eigenvalue weighted by atomic mass is 10.2. The van der Waals surface area contributed by atoms with Crippen molar-refractivity contribution in [1.29, 1.82) is 0 Å². The van der Waals surface area contributed by atoms with E-state index in [9.17, 15) is 4.79 Å². The van der Waals surface area contributed by atoms with Crippen LogP contribution in [0.4, 0.5) is 4.79 Å². The number of allylic oxidation sites excluding steroid dienone is 1. The molecule has 0 aliphatic rings. The van der Waals surface area contributed by atoms with Gasteiger partial charge in [0, 0.05) is 24.9 Å². The molecule has 1 heterocycles. The molecular weight excluding hydrogens is 218 g/mol. The van der Waals surface area contributed by atoms with Crippen molar-refractivity contribution >= 4 is 12.0 Å². The lowest BCUT2D eigenvalue weighted by molar-refractivity contribution is 0.250. The molecule has 0 saturated carbocycles. The Hall–Kier alpha value is -2.37.